The van der Waals surface area contributed by atoms with Crippen molar-refractivity contribution in [3.05, 3.63) is 59.1 Å². The van der Waals surface area contributed by atoms with Crippen molar-refractivity contribution in [1.82, 2.24) is 4.31 Å². The molecule has 0 atom stereocenters. The Hall–Kier alpha value is -1.70. The van der Waals surface area contributed by atoms with Crippen LogP contribution in [0.25, 0.3) is 0 Å². The number of nitrogens with zero attached hydrogens (tertiary/aromatic N) is 2. The first-order chi connectivity index (χ1) is 12.0. The lowest BCUT2D eigenvalue weighted by atomic mass is 10.2. The van der Waals surface area contributed by atoms with E-state index in [0.717, 1.165) is 5.56 Å². The maximum absolute atomic E-state index is 12.9. The zero-order valence-corrected chi connectivity index (χ0v) is 15.9. The van der Waals surface area contributed by atoms with E-state index in [9.17, 15) is 8.42 Å². The number of amidine groups is 1. The number of ether oxygens (including phenoxy) is 1. The Morgan fingerprint density at radius 2 is 1.92 bits per heavy atom. The minimum absolute atomic E-state index is 0.223. The van der Waals surface area contributed by atoms with Crippen LogP contribution in [-0.2, 0) is 15.8 Å². The first-order valence-corrected chi connectivity index (χ1v) is 10.4. The van der Waals surface area contributed by atoms with Gasteiger partial charge in [-0.25, -0.2) is 12.7 Å². The van der Waals surface area contributed by atoms with Gasteiger partial charge in [0.2, 0.25) is 0 Å². The Balaban J connectivity index is 1.76. The van der Waals surface area contributed by atoms with Crippen molar-refractivity contribution >= 4 is 38.6 Å². The molecule has 0 unspecified atom stereocenters. The van der Waals surface area contributed by atoms with Gasteiger partial charge in [0.1, 0.15) is 5.75 Å². The molecule has 0 bridgehead atoms. The summed E-state index contributed by atoms with van der Waals surface area (Å²) in [6.07, 6.45) is 0. The fourth-order valence-corrected chi connectivity index (χ4v) is 5.39. The third kappa shape index (κ3) is 3.94. The normalized spacial score (nSPS) is 14.5. The molecule has 1 aliphatic heterocycles. The molecule has 5 nitrogen and oxygen atoms in total. The van der Waals surface area contributed by atoms with E-state index >= 15 is 0 Å². The molecule has 0 amide bonds. The van der Waals surface area contributed by atoms with Gasteiger partial charge in [0.15, 0.2) is 5.17 Å². The summed E-state index contributed by atoms with van der Waals surface area (Å²) >= 11 is 7.54. The van der Waals surface area contributed by atoms with Gasteiger partial charge in [-0.05, 0) is 35.9 Å². The maximum Gasteiger partial charge on any atom is 0.265 e. The number of hydrogen-bond acceptors (Lipinski definition) is 5. The predicted octanol–water partition coefficient (Wildman–Crippen LogP) is 3.64. The molecule has 2 aromatic rings. The summed E-state index contributed by atoms with van der Waals surface area (Å²) in [6.45, 7) is 0.805. The van der Waals surface area contributed by atoms with Gasteiger partial charge in [0.05, 0.1) is 25.1 Å². The maximum atomic E-state index is 12.9. The minimum atomic E-state index is -3.63. The molecule has 0 spiro atoms. The third-order valence-electron chi connectivity index (χ3n) is 3.73. The van der Waals surface area contributed by atoms with Gasteiger partial charge in [0.25, 0.3) is 10.0 Å². The Kier molecular flexibility index (Phi) is 5.56. The highest BCUT2D eigenvalue weighted by Gasteiger charge is 2.31. The lowest BCUT2D eigenvalue weighted by molar-refractivity contribution is 0.414. The van der Waals surface area contributed by atoms with Crippen LogP contribution >= 0.6 is 23.4 Å². The minimum Gasteiger partial charge on any atom is -0.497 e. The molecule has 0 aliphatic carbocycles. The first kappa shape index (κ1) is 18.1. The molecule has 3 rings (SSSR count). The predicted molar refractivity (Wildman–Crippen MR) is 102 cm³/mol. The second-order valence-electron chi connectivity index (χ2n) is 5.30. The number of benzene rings is 2. The van der Waals surface area contributed by atoms with Crippen LogP contribution in [0, 0.1) is 0 Å². The van der Waals surface area contributed by atoms with Crippen LogP contribution in [0.5, 0.6) is 5.75 Å². The van der Waals surface area contributed by atoms with Crippen LogP contribution in [0.3, 0.4) is 0 Å². The number of thioether (sulfide) groups is 1. The fraction of sp³-hybridized carbons (Fsp3) is 0.235. The van der Waals surface area contributed by atoms with Gasteiger partial charge < -0.3 is 4.74 Å². The Labute approximate surface area is 156 Å². The molecule has 2 aromatic carbocycles. The van der Waals surface area contributed by atoms with E-state index in [0.29, 0.717) is 34.8 Å². The molecule has 132 valence electrons. The average Bonchev–Trinajstić information content (AvgIpc) is 3.10. The lowest BCUT2D eigenvalue weighted by Gasteiger charge is -2.20. The third-order valence-corrected chi connectivity index (χ3v) is 7.08. The van der Waals surface area contributed by atoms with Crippen molar-refractivity contribution in [3.8, 4) is 5.75 Å². The Morgan fingerprint density at radius 3 is 2.60 bits per heavy atom. The second-order valence-corrected chi connectivity index (χ2v) is 8.51. The van der Waals surface area contributed by atoms with Gasteiger partial charge >= 0.3 is 0 Å². The lowest BCUT2D eigenvalue weighted by Crippen LogP contribution is -2.32. The van der Waals surface area contributed by atoms with Gasteiger partial charge in [-0.1, -0.05) is 41.6 Å². The first-order valence-electron chi connectivity index (χ1n) is 7.60. The number of rotatable bonds is 5. The van der Waals surface area contributed by atoms with Crippen LogP contribution in [0.15, 0.2) is 58.4 Å². The van der Waals surface area contributed by atoms with Gasteiger partial charge in [-0.15, -0.1) is 0 Å². The van der Waals surface area contributed by atoms with Crippen molar-refractivity contribution in [2.24, 2.45) is 4.99 Å². The molecule has 0 N–H and O–H groups in total. The average molecular weight is 397 g/mol. The fourth-order valence-electron chi connectivity index (χ4n) is 2.38. The molecule has 0 saturated carbocycles. The Morgan fingerprint density at radius 1 is 1.20 bits per heavy atom. The number of aliphatic imine (C=N–C) groups is 1. The smallest absolute Gasteiger partial charge is 0.265 e. The van der Waals surface area contributed by atoms with Gasteiger partial charge in [-0.3, -0.25) is 4.99 Å². The second kappa shape index (κ2) is 7.68. The molecule has 0 aromatic heterocycles. The van der Waals surface area contributed by atoms with Crippen LogP contribution in [0.4, 0.5) is 0 Å². The van der Waals surface area contributed by atoms with Crippen molar-refractivity contribution in [3.63, 3.8) is 0 Å². The summed E-state index contributed by atoms with van der Waals surface area (Å²) in [5.74, 6) is 1.18. The SMILES string of the molecule is COc1ccc(S(=O)(=O)N2CCN=C2SCc2ccccc2Cl)cc1. The highest BCUT2D eigenvalue weighted by Crippen LogP contribution is 2.28. The topological polar surface area (TPSA) is 59.0 Å². The van der Waals surface area contributed by atoms with Crippen LogP contribution in [0.1, 0.15) is 5.56 Å². The molecule has 0 saturated heterocycles. The highest BCUT2D eigenvalue weighted by molar-refractivity contribution is 8.14. The van der Waals surface area contributed by atoms with Crippen LogP contribution < -0.4 is 4.74 Å². The van der Waals surface area contributed by atoms with Crippen molar-refractivity contribution in [2.75, 3.05) is 20.2 Å². The molecule has 25 heavy (non-hydrogen) atoms. The zero-order valence-electron chi connectivity index (χ0n) is 13.6. The molecule has 1 heterocycles. The van der Waals surface area contributed by atoms with E-state index in [2.05, 4.69) is 4.99 Å². The zero-order chi connectivity index (χ0) is 17.9. The number of hydrogen-bond donors (Lipinski definition) is 0. The standard InChI is InChI=1S/C17H17ClN2O3S2/c1-23-14-6-8-15(9-7-14)25(21,22)20-11-10-19-17(20)24-12-13-4-2-3-5-16(13)18/h2-9H,10-12H2,1H3. The Bertz CT molecular complexity index is 883. The van der Waals surface area contributed by atoms with Gasteiger partial charge in [-0.2, -0.15) is 0 Å². The molecule has 0 fully saturated rings. The quantitative estimate of drug-likeness (QED) is 0.774. The van der Waals surface area contributed by atoms with E-state index in [4.69, 9.17) is 16.3 Å². The molecule has 8 heteroatoms. The van der Waals surface area contributed by atoms with E-state index in [1.54, 1.807) is 31.4 Å². The van der Waals surface area contributed by atoms with Crippen molar-refractivity contribution in [1.29, 1.82) is 0 Å². The van der Waals surface area contributed by atoms with E-state index in [1.807, 2.05) is 24.3 Å². The highest BCUT2D eigenvalue weighted by atomic mass is 35.5. The number of halogens is 1. The molecule has 0 radical (unpaired) electrons. The number of methoxy groups -OCH3 is 1. The summed E-state index contributed by atoms with van der Waals surface area (Å²) in [6, 6.07) is 13.9. The van der Waals surface area contributed by atoms with Crippen LogP contribution in [-0.4, -0.2) is 38.1 Å². The summed E-state index contributed by atoms with van der Waals surface area (Å²) in [5, 5.41) is 1.16. The van der Waals surface area contributed by atoms with E-state index in [-0.39, 0.29) is 4.90 Å². The molecule has 1 aliphatic rings. The summed E-state index contributed by atoms with van der Waals surface area (Å²) < 4.78 is 32.2. The summed E-state index contributed by atoms with van der Waals surface area (Å²) in [4.78, 5) is 4.57. The van der Waals surface area contributed by atoms with E-state index < -0.39 is 10.0 Å². The van der Waals surface area contributed by atoms with E-state index in [1.165, 1.54) is 16.1 Å². The van der Waals surface area contributed by atoms with Crippen LogP contribution in [0.2, 0.25) is 5.02 Å². The van der Waals surface area contributed by atoms with Crippen molar-refractivity contribution < 1.29 is 13.2 Å². The summed E-state index contributed by atoms with van der Waals surface area (Å²) in [5.41, 5.74) is 0.950. The van der Waals surface area contributed by atoms with Gasteiger partial charge in [0, 0.05) is 10.8 Å². The summed E-state index contributed by atoms with van der Waals surface area (Å²) in [7, 11) is -2.09. The molecular weight excluding hydrogens is 380 g/mol. The largest absolute Gasteiger partial charge is 0.497 e. The monoisotopic (exact) mass is 396 g/mol. The molecular formula is C17H17ClN2O3S2. The number of sulfonamides is 1. The van der Waals surface area contributed by atoms with Crippen molar-refractivity contribution in [2.45, 2.75) is 10.6 Å².